The number of pyridine rings is 1. The van der Waals surface area contributed by atoms with Crippen molar-refractivity contribution in [2.45, 2.75) is 4.90 Å². The number of aromatic nitrogens is 1. The summed E-state index contributed by atoms with van der Waals surface area (Å²) < 4.78 is 39.9. The highest BCUT2D eigenvalue weighted by atomic mass is 35.5. The molecule has 0 saturated heterocycles. The molecule has 110 valence electrons. The maximum absolute atomic E-state index is 13.6. The van der Waals surface area contributed by atoms with Gasteiger partial charge in [-0.3, -0.25) is 9.71 Å². The molecular formula is C12H9ClFN3O2S2. The molecule has 0 spiro atoms. The van der Waals surface area contributed by atoms with Gasteiger partial charge in [0.25, 0.3) is 10.0 Å². The van der Waals surface area contributed by atoms with Gasteiger partial charge in [0.2, 0.25) is 0 Å². The Hall–Kier alpha value is -1.77. The van der Waals surface area contributed by atoms with Gasteiger partial charge in [0.15, 0.2) is 0 Å². The number of rotatable bonds is 4. The lowest BCUT2D eigenvalue weighted by molar-refractivity contribution is 0.598. The maximum atomic E-state index is 13.6. The smallest absolute Gasteiger partial charge is 0.263 e. The van der Waals surface area contributed by atoms with Crippen molar-refractivity contribution in [3.05, 3.63) is 53.1 Å². The van der Waals surface area contributed by atoms with E-state index < -0.39 is 15.8 Å². The molecule has 0 atom stereocenters. The SMILES string of the molecule is NC(=S)c1ccc(S(=O)(=O)Nc2cc(Cl)ccc2F)cn1. The highest BCUT2D eigenvalue weighted by molar-refractivity contribution is 7.92. The molecule has 0 amide bonds. The van der Waals surface area contributed by atoms with Crippen LogP contribution in [0.2, 0.25) is 5.02 Å². The van der Waals surface area contributed by atoms with Crippen LogP contribution in [0.3, 0.4) is 0 Å². The van der Waals surface area contributed by atoms with E-state index in [0.29, 0.717) is 0 Å². The van der Waals surface area contributed by atoms with Gasteiger partial charge < -0.3 is 5.73 Å². The molecule has 0 radical (unpaired) electrons. The summed E-state index contributed by atoms with van der Waals surface area (Å²) >= 11 is 10.4. The number of hydrogen-bond acceptors (Lipinski definition) is 4. The Morgan fingerprint density at radius 2 is 2.05 bits per heavy atom. The predicted octanol–water partition coefficient (Wildman–Crippen LogP) is 2.31. The average molecular weight is 346 g/mol. The standard InChI is InChI=1S/C12H9ClFN3O2S2/c13-7-1-3-9(14)11(5-7)17-21(18,19)8-2-4-10(12(15)20)16-6-8/h1-6,17H,(H2,15,20). The number of nitrogens with zero attached hydrogens (tertiary/aromatic N) is 1. The van der Waals surface area contributed by atoms with E-state index in [0.717, 1.165) is 12.3 Å². The second-order valence-corrected chi connectivity index (χ2v) is 6.53. The fourth-order valence-corrected chi connectivity index (χ4v) is 2.76. The lowest BCUT2D eigenvalue weighted by Gasteiger charge is -2.09. The Kier molecular flexibility index (Phi) is 4.40. The van der Waals surface area contributed by atoms with Crippen LogP contribution in [0.4, 0.5) is 10.1 Å². The fourth-order valence-electron chi connectivity index (χ4n) is 1.46. The van der Waals surface area contributed by atoms with E-state index in [1.165, 1.54) is 24.3 Å². The van der Waals surface area contributed by atoms with E-state index >= 15 is 0 Å². The first kappa shape index (κ1) is 15.6. The summed E-state index contributed by atoms with van der Waals surface area (Å²) in [6, 6.07) is 6.18. The van der Waals surface area contributed by atoms with Gasteiger partial charge in [-0.05, 0) is 30.3 Å². The summed E-state index contributed by atoms with van der Waals surface area (Å²) in [5.74, 6) is -0.740. The Bertz CT molecular complexity index is 795. The van der Waals surface area contributed by atoms with Crippen LogP contribution in [0.1, 0.15) is 5.69 Å². The maximum Gasteiger partial charge on any atom is 0.263 e. The number of thiocarbonyl (C=S) groups is 1. The molecule has 1 aromatic heterocycles. The summed E-state index contributed by atoms with van der Waals surface area (Å²) in [5.41, 5.74) is 5.41. The van der Waals surface area contributed by atoms with Crippen molar-refractivity contribution in [2.75, 3.05) is 4.72 Å². The van der Waals surface area contributed by atoms with E-state index in [9.17, 15) is 12.8 Å². The molecule has 9 heteroatoms. The summed E-state index contributed by atoms with van der Waals surface area (Å²) in [6.07, 6.45) is 1.08. The highest BCUT2D eigenvalue weighted by Crippen LogP contribution is 2.22. The Labute approximate surface area is 131 Å². The lowest BCUT2D eigenvalue weighted by Crippen LogP contribution is -2.16. The number of halogens is 2. The summed E-state index contributed by atoms with van der Waals surface area (Å²) in [4.78, 5) is 3.72. The van der Waals surface area contributed by atoms with Crippen LogP contribution < -0.4 is 10.5 Å². The number of nitrogens with two attached hydrogens (primary N) is 1. The first-order valence-electron chi connectivity index (χ1n) is 5.53. The zero-order valence-electron chi connectivity index (χ0n) is 10.4. The van der Waals surface area contributed by atoms with Crippen molar-refractivity contribution in [2.24, 2.45) is 5.73 Å². The number of nitrogens with one attached hydrogen (secondary N) is 1. The molecule has 3 N–H and O–H groups in total. The third-order valence-electron chi connectivity index (χ3n) is 2.47. The summed E-state index contributed by atoms with van der Waals surface area (Å²) in [5, 5.41) is 0.205. The minimum absolute atomic E-state index is 0.0489. The molecule has 2 aromatic rings. The van der Waals surface area contributed by atoms with Crippen LogP contribution in [-0.2, 0) is 10.0 Å². The molecule has 1 aromatic carbocycles. The first-order valence-corrected chi connectivity index (χ1v) is 7.80. The monoisotopic (exact) mass is 345 g/mol. The Balaban J connectivity index is 2.34. The molecule has 2 rings (SSSR count). The minimum Gasteiger partial charge on any atom is -0.388 e. The largest absolute Gasteiger partial charge is 0.388 e. The molecule has 0 saturated carbocycles. The third-order valence-corrected chi connectivity index (χ3v) is 4.27. The van der Waals surface area contributed by atoms with E-state index in [1.807, 2.05) is 0 Å². The van der Waals surface area contributed by atoms with E-state index in [-0.39, 0.29) is 26.3 Å². The second kappa shape index (κ2) is 5.92. The van der Waals surface area contributed by atoms with Gasteiger partial charge in [-0.1, -0.05) is 23.8 Å². The average Bonchev–Trinajstić information content (AvgIpc) is 2.43. The van der Waals surface area contributed by atoms with E-state index in [2.05, 4.69) is 9.71 Å². The molecule has 0 aliphatic carbocycles. The van der Waals surface area contributed by atoms with Crippen molar-refractivity contribution < 1.29 is 12.8 Å². The number of hydrogen-bond donors (Lipinski definition) is 2. The quantitative estimate of drug-likeness (QED) is 0.830. The molecule has 5 nitrogen and oxygen atoms in total. The van der Waals surface area contributed by atoms with Gasteiger partial charge in [-0.15, -0.1) is 0 Å². The molecule has 0 unspecified atom stereocenters. The van der Waals surface area contributed by atoms with Crippen LogP contribution in [0, 0.1) is 5.82 Å². The topological polar surface area (TPSA) is 85.1 Å². The third kappa shape index (κ3) is 3.66. The molecule has 0 fully saturated rings. The van der Waals surface area contributed by atoms with Gasteiger partial charge >= 0.3 is 0 Å². The molecule has 0 aliphatic rings. The fraction of sp³-hybridized carbons (Fsp3) is 0. The van der Waals surface area contributed by atoms with Crippen molar-refractivity contribution in [1.82, 2.24) is 4.98 Å². The van der Waals surface area contributed by atoms with Crippen molar-refractivity contribution >= 4 is 44.5 Å². The Morgan fingerprint density at radius 3 is 2.62 bits per heavy atom. The number of anilines is 1. The summed E-state index contributed by atoms with van der Waals surface area (Å²) in [6.45, 7) is 0. The number of benzene rings is 1. The zero-order valence-corrected chi connectivity index (χ0v) is 12.8. The molecule has 0 aliphatic heterocycles. The highest BCUT2D eigenvalue weighted by Gasteiger charge is 2.17. The van der Waals surface area contributed by atoms with Crippen LogP contribution in [0.25, 0.3) is 0 Å². The lowest BCUT2D eigenvalue weighted by atomic mass is 10.3. The van der Waals surface area contributed by atoms with Crippen molar-refractivity contribution in [3.8, 4) is 0 Å². The van der Waals surface area contributed by atoms with Gasteiger partial charge in [-0.25, -0.2) is 12.8 Å². The molecular weight excluding hydrogens is 337 g/mol. The molecule has 0 bridgehead atoms. The number of sulfonamides is 1. The van der Waals surface area contributed by atoms with E-state index in [1.54, 1.807) is 0 Å². The Morgan fingerprint density at radius 1 is 1.33 bits per heavy atom. The van der Waals surface area contributed by atoms with Crippen LogP contribution >= 0.6 is 23.8 Å². The van der Waals surface area contributed by atoms with Crippen molar-refractivity contribution in [3.63, 3.8) is 0 Å². The van der Waals surface area contributed by atoms with Crippen molar-refractivity contribution in [1.29, 1.82) is 0 Å². The van der Waals surface area contributed by atoms with Gasteiger partial charge in [-0.2, -0.15) is 0 Å². The van der Waals surface area contributed by atoms with Gasteiger partial charge in [0, 0.05) is 11.2 Å². The molecule has 1 heterocycles. The van der Waals surface area contributed by atoms with Crippen LogP contribution in [0.5, 0.6) is 0 Å². The van der Waals surface area contributed by atoms with Gasteiger partial charge in [0.1, 0.15) is 15.7 Å². The minimum atomic E-state index is -3.99. The normalized spacial score (nSPS) is 11.1. The predicted molar refractivity (Wildman–Crippen MR) is 82.3 cm³/mol. The second-order valence-electron chi connectivity index (χ2n) is 3.97. The zero-order chi connectivity index (χ0) is 15.6. The first-order chi connectivity index (χ1) is 9.79. The van der Waals surface area contributed by atoms with Crippen LogP contribution in [-0.4, -0.2) is 18.4 Å². The molecule has 21 heavy (non-hydrogen) atoms. The van der Waals surface area contributed by atoms with Crippen LogP contribution in [0.15, 0.2) is 41.4 Å². The van der Waals surface area contributed by atoms with E-state index in [4.69, 9.17) is 29.6 Å². The van der Waals surface area contributed by atoms with Gasteiger partial charge in [0.05, 0.1) is 11.4 Å². The summed E-state index contributed by atoms with van der Waals surface area (Å²) in [7, 11) is -3.99.